The van der Waals surface area contributed by atoms with E-state index < -0.39 is 0 Å². The van der Waals surface area contributed by atoms with Crippen molar-refractivity contribution in [3.8, 4) is 0 Å². The smallest absolute Gasteiger partial charge is 0.263 e. The lowest BCUT2D eigenvalue weighted by atomic mass is 10.2. The van der Waals surface area contributed by atoms with Crippen LogP contribution in [0.3, 0.4) is 0 Å². The molecule has 0 aromatic carbocycles. The predicted molar refractivity (Wildman–Crippen MR) is 78.4 cm³/mol. The Hall–Kier alpha value is -1.44. The van der Waals surface area contributed by atoms with E-state index >= 15 is 0 Å². The number of thiophene rings is 1. The summed E-state index contributed by atoms with van der Waals surface area (Å²) >= 11 is 6.84. The van der Waals surface area contributed by atoms with Gasteiger partial charge >= 0.3 is 0 Å². The quantitative estimate of drug-likeness (QED) is 0.624. The van der Waals surface area contributed by atoms with Crippen LogP contribution in [0.5, 0.6) is 0 Å². The molecule has 106 valence electrons. The summed E-state index contributed by atoms with van der Waals surface area (Å²) in [5, 5.41) is 7.45. The minimum Gasteiger partial charge on any atom is -1.00 e. The van der Waals surface area contributed by atoms with E-state index in [0.29, 0.717) is 11.3 Å². The van der Waals surface area contributed by atoms with Crippen molar-refractivity contribution in [2.45, 2.75) is 20.4 Å². The fourth-order valence-electron chi connectivity index (χ4n) is 2.05. The number of aromatic amines is 2. The molecule has 0 bridgehead atoms. The fourth-order valence-corrected chi connectivity index (χ4v) is 3.42. The maximum atomic E-state index is 12.6. The molecule has 2 N–H and O–H groups in total. The van der Waals surface area contributed by atoms with Crippen molar-refractivity contribution in [3.05, 3.63) is 43.5 Å². The van der Waals surface area contributed by atoms with Crippen molar-refractivity contribution >= 4 is 33.8 Å². The second-order valence-corrected chi connectivity index (χ2v) is 6.00. The third kappa shape index (κ3) is 2.32. The third-order valence-electron chi connectivity index (χ3n) is 3.20. The maximum absolute atomic E-state index is 12.6. The summed E-state index contributed by atoms with van der Waals surface area (Å²) in [7, 11) is 0. The number of halogens is 1. The highest BCUT2D eigenvalue weighted by Crippen LogP contribution is 2.25. The number of hydrogen-bond donors (Lipinski definition) is 2. The Balaban J connectivity index is 0.00000147. The summed E-state index contributed by atoms with van der Waals surface area (Å²) in [6.07, 6.45) is 1.66. The van der Waals surface area contributed by atoms with E-state index in [1.807, 2.05) is 19.9 Å². The molecule has 0 spiro atoms. The molecule has 0 atom stereocenters. The zero-order chi connectivity index (χ0) is 13.6. The predicted octanol–water partition coefficient (Wildman–Crippen LogP) is -0.487. The van der Waals surface area contributed by atoms with Gasteiger partial charge in [-0.2, -0.15) is 5.10 Å². The first-order valence-corrected chi connectivity index (χ1v) is 7.01. The first-order valence-electron chi connectivity index (χ1n) is 5.79. The minimum atomic E-state index is -0.0461. The highest BCUT2D eigenvalue weighted by molar-refractivity contribution is 7.71. The van der Waals surface area contributed by atoms with Gasteiger partial charge < -0.3 is 17.4 Å². The highest BCUT2D eigenvalue weighted by Gasteiger charge is 2.13. The number of nitrogens with one attached hydrogen (secondary N) is 2. The normalized spacial score (nSPS) is 10.7. The number of rotatable bonds is 2. The Kier molecular flexibility index (Phi) is 4.12. The SMILES string of the molecule is Cc1sc2[nH]c(=S)n(Cc3ccn[nH]3)c(=O)c2c1C.[Cl-]. The van der Waals surface area contributed by atoms with Crippen LogP contribution in [0.15, 0.2) is 17.1 Å². The van der Waals surface area contributed by atoms with E-state index in [1.54, 1.807) is 22.1 Å². The summed E-state index contributed by atoms with van der Waals surface area (Å²) in [5.74, 6) is 0. The summed E-state index contributed by atoms with van der Waals surface area (Å²) in [5.41, 5.74) is 1.83. The average Bonchev–Trinajstić information content (AvgIpc) is 2.95. The van der Waals surface area contributed by atoms with Crippen LogP contribution < -0.4 is 18.0 Å². The maximum Gasteiger partial charge on any atom is 0.263 e. The number of fused-ring (bicyclic) bond motifs is 1. The molecule has 0 aliphatic rings. The number of nitrogens with zero attached hydrogens (tertiary/aromatic N) is 2. The van der Waals surface area contributed by atoms with Gasteiger partial charge in [0.05, 0.1) is 17.6 Å². The molecular formula is C12H12ClN4OS2-. The third-order valence-corrected chi connectivity index (χ3v) is 4.64. The molecular weight excluding hydrogens is 316 g/mol. The molecule has 0 aliphatic carbocycles. The van der Waals surface area contributed by atoms with Crippen LogP contribution in [0.25, 0.3) is 10.2 Å². The van der Waals surface area contributed by atoms with Crippen LogP contribution in [-0.4, -0.2) is 19.7 Å². The summed E-state index contributed by atoms with van der Waals surface area (Å²) in [6.45, 7) is 4.38. The van der Waals surface area contributed by atoms with Gasteiger partial charge in [0, 0.05) is 11.1 Å². The molecule has 0 radical (unpaired) electrons. The van der Waals surface area contributed by atoms with Gasteiger partial charge in [0.1, 0.15) is 4.83 Å². The van der Waals surface area contributed by atoms with E-state index in [9.17, 15) is 4.79 Å². The summed E-state index contributed by atoms with van der Waals surface area (Å²) in [6, 6.07) is 1.83. The molecule has 3 aromatic heterocycles. The molecule has 0 unspecified atom stereocenters. The standard InChI is InChI=1S/C12H12N4OS2.ClH/c1-6-7(2)19-10-9(6)11(17)16(12(18)14-10)5-8-3-4-13-15-8;/h3-4H,5H2,1-2H3,(H,13,15)(H,14,18);1H/p-1. The van der Waals surface area contributed by atoms with Gasteiger partial charge in [0.15, 0.2) is 4.77 Å². The molecule has 8 heteroatoms. The Morgan fingerprint density at radius 1 is 1.45 bits per heavy atom. The van der Waals surface area contributed by atoms with Crippen molar-refractivity contribution in [1.82, 2.24) is 19.7 Å². The molecule has 3 heterocycles. The van der Waals surface area contributed by atoms with E-state index in [2.05, 4.69) is 15.2 Å². The largest absolute Gasteiger partial charge is 1.00 e. The number of hydrogen-bond acceptors (Lipinski definition) is 4. The number of aryl methyl sites for hydroxylation is 2. The van der Waals surface area contributed by atoms with Gasteiger partial charge in [-0.3, -0.25) is 14.5 Å². The van der Waals surface area contributed by atoms with Crippen molar-refractivity contribution in [3.63, 3.8) is 0 Å². The first-order chi connectivity index (χ1) is 9.08. The van der Waals surface area contributed by atoms with Gasteiger partial charge in [-0.15, -0.1) is 11.3 Å². The lowest BCUT2D eigenvalue weighted by molar-refractivity contribution is -0.00000397. The molecule has 3 aromatic rings. The average molecular weight is 328 g/mol. The van der Waals surface area contributed by atoms with Gasteiger partial charge in [-0.05, 0) is 37.7 Å². The molecule has 3 rings (SSSR count). The first kappa shape index (κ1) is 15.0. The molecule has 0 saturated carbocycles. The van der Waals surface area contributed by atoms with Crippen molar-refractivity contribution < 1.29 is 12.4 Å². The second kappa shape index (κ2) is 5.51. The lowest BCUT2D eigenvalue weighted by Gasteiger charge is -2.05. The molecule has 5 nitrogen and oxygen atoms in total. The zero-order valence-corrected chi connectivity index (χ0v) is 13.2. The summed E-state index contributed by atoms with van der Waals surface area (Å²) in [4.78, 5) is 17.7. The van der Waals surface area contributed by atoms with Crippen molar-refractivity contribution in [2.24, 2.45) is 0 Å². The van der Waals surface area contributed by atoms with Gasteiger partial charge in [-0.25, -0.2) is 0 Å². The van der Waals surface area contributed by atoms with Crippen LogP contribution in [-0.2, 0) is 6.54 Å². The Morgan fingerprint density at radius 3 is 2.85 bits per heavy atom. The van der Waals surface area contributed by atoms with Gasteiger partial charge in [0.2, 0.25) is 0 Å². The molecule has 0 aliphatic heterocycles. The van der Waals surface area contributed by atoms with E-state index in [4.69, 9.17) is 12.2 Å². The van der Waals surface area contributed by atoms with Crippen LogP contribution >= 0.6 is 23.6 Å². The Morgan fingerprint density at radius 2 is 2.20 bits per heavy atom. The Labute approximate surface area is 130 Å². The van der Waals surface area contributed by atoms with Gasteiger partial charge in [0.25, 0.3) is 5.56 Å². The van der Waals surface area contributed by atoms with E-state index in [0.717, 1.165) is 26.4 Å². The van der Waals surface area contributed by atoms with Crippen LogP contribution in [0, 0.1) is 18.6 Å². The lowest BCUT2D eigenvalue weighted by Crippen LogP contribution is -3.00. The van der Waals surface area contributed by atoms with E-state index in [-0.39, 0.29) is 18.0 Å². The Bertz CT molecular complexity index is 860. The van der Waals surface area contributed by atoms with Crippen LogP contribution in [0.4, 0.5) is 0 Å². The molecule has 0 amide bonds. The number of H-pyrrole nitrogens is 2. The number of aromatic nitrogens is 4. The molecule has 20 heavy (non-hydrogen) atoms. The van der Waals surface area contributed by atoms with Gasteiger partial charge in [-0.1, -0.05) is 0 Å². The van der Waals surface area contributed by atoms with E-state index in [1.165, 1.54) is 0 Å². The molecule has 0 fully saturated rings. The topological polar surface area (TPSA) is 66.5 Å². The highest BCUT2D eigenvalue weighted by atomic mass is 35.5. The summed E-state index contributed by atoms with van der Waals surface area (Å²) < 4.78 is 2.00. The van der Waals surface area contributed by atoms with Crippen molar-refractivity contribution in [1.29, 1.82) is 0 Å². The van der Waals surface area contributed by atoms with Crippen LogP contribution in [0.2, 0.25) is 0 Å². The molecule has 0 saturated heterocycles. The van der Waals surface area contributed by atoms with Crippen LogP contribution in [0.1, 0.15) is 16.1 Å². The van der Waals surface area contributed by atoms with Crippen molar-refractivity contribution in [2.75, 3.05) is 0 Å². The minimum absolute atomic E-state index is 0. The fraction of sp³-hybridized carbons (Fsp3) is 0.250. The zero-order valence-electron chi connectivity index (χ0n) is 10.9. The monoisotopic (exact) mass is 327 g/mol. The second-order valence-electron chi connectivity index (χ2n) is 4.39.